The highest BCUT2D eigenvalue weighted by atomic mass is 16.2. The summed E-state index contributed by atoms with van der Waals surface area (Å²) in [6.45, 7) is 4.75. The fourth-order valence-electron chi connectivity index (χ4n) is 2.47. The second kappa shape index (κ2) is 5.89. The quantitative estimate of drug-likeness (QED) is 0.845. The van der Waals surface area contributed by atoms with Crippen LogP contribution in [0.25, 0.3) is 0 Å². The van der Waals surface area contributed by atoms with Crippen molar-refractivity contribution in [3.8, 4) is 0 Å². The number of carbonyl (C=O) groups excluding carboxylic acids is 1. The van der Waals surface area contributed by atoms with Crippen molar-refractivity contribution in [2.24, 2.45) is 0 Å². The van der Waals surface area contributed by atoms with Gasteiger partial charge in [0.05, 0.1) is 0 Å². The molecule has 0 aromatic heterocycles. The van der Waals surface area contributed by atoms with Crippen molar-refractivity contribution in [2.75, 3.05) is 0 Å². The van der Waals surface area contributed by atoms with Gasteiger partial charge in [-0.1, -0.05) is 36.6 Å². The van der Waals surface area contributed by atoms with Gasteiger partial charge in [0.2, 0.25) is 0 Å². The van der Waals surface area contributed by atoms with Crippen LogP contribution >= 0.6 is 0 Å². The maximum absolute atomic E-state index is 11.7. The summed E-state index contributed by atoms with van der Waals surface area (Å²) in [7, 11) is 0. The monoisotopic (exact) mass is 246 g/mol. The first-order valence-corrected chi connectivity index (χ1v) is 6.75. The van der Waals surface area contributed by atoms with Gasteiger partial charge in [-0.25, -0.2) is 4.79 Å². The molecule has 0 saturated heterocycles. The molecule has 2 rings (SSSR count). The number of rotatable bonds is 3. The first-order chi connectivity index (χ1) is 8.65. The van der Waals surface area contributed by atoms with E-state index in [9.17, 15) is 4.79 Å². The molecule has 2 N–H and O–H groups in total. The van der Waals surface area contributed by atoms with Gasteiger partial charge in [-0.15, -0.1) is 0 Å². The zero-order chi connectivity index (χ0) is 13.0. The van der Waals surface area contributed by atoms with Crippen LogP contribution in [0.1, 0.15) is 42.4 Å². The average Bonchev–Trinajstić information content (AvgIpc) is 2.83. The average molecular weight is 246 g/mol. The van der Waals surface area contributed by atoms with Gasteiger partial charge in [-0.3, -0.25) is 0 Å². The van der Waals surface area contributed by atoms with Crippen LogP contribution in [0.4, 0.5) is 4.79 Å². The molecule has 1 aliphatic rings. The van der Waals surface area contributed by atoms with Crippen LogP contribution in [0, 0.1) is 13.8 Å². The molecule has 2 amide bonds. The van der Waals surface area contributed by atoms with Gasteiger partial charge < -0.3 is 10.6 Å². The Morgan fingerprint density at radius 1 is 1.28 bits per heavy atom. The number of benzene rings is 1. The molecule has 0 atom stereocenters. The van der Waals surface area contributed by atoms with Crippen LogP contribution in [0.2, 0.25) is 0 Å². The number of hydrogen-bond acceptors (Lipinski definition) is 1. The minimum atomic E-state index is -0.0391. The van der Waals surface area contributed by atoms with Gasteiger partial charge in [0.15, 0.2) is 0 Å². The summed E-state index contributed by atoms with van der Waals surface area (Å²) in [6, 6.07) is 6.66. The number of urea groups is 1. The lowest BCUT2D eigenvalue weighted by Gasteiger charge is -2.14. The molecular weight excluding hydrogens is 224 g/mol. The summed E-state index contributed by atoms with van der Waals surface area (Å²) in [6.07, 6.45) is 4.72. The molecule has 0 radical (unpaired) electrons. The van der Waals surface area contributed by atoms with Crippen molar-refractivity contribution in [3.05, 3.63) is 34.9 Å². The molecule has 0 heterocycles. The molecule has 0 unspecified atom stereocenters. The number of nitrogens with one attached hydrogen (secondary N) is 2. The Bertz CT molecular complexity index is 423. The third-order valence-electron chi connectivity index (χ3n) is 3.63. The molecule has 3 nitrogen and oxygen atoms in total. The molecule has 18 heavy (non-hydrogen) atoms. The van der Waals surface area contributed by atoms with E-state index in [1.54, 1.807) is 0 Å². The van der Waals surface area contributed by atoms with E-state index in [2.05, 4.69) is 42.7 Å². The van der Waals surface area contributed by atoms with Gasteiger partial charge in [0.1, 0.15) is 0 Å². The second-order valence-corrected chi connectivity index (χ2v) is 5.24. The third-order valence-corrected chi connectivity index (χ3v) is 3.63. The SMILES string of the molecule is Cc1ccc(C)c(CNC(=O)NC2CCCC2)c1. The maximum Gasteiger partial charge on any atom is 0.315 e. The minimum Gasteiger partial charge on any atom is -0.335 e. The van der Waals surface area contributed by atoms with E-state index in [-0.39, 0.29) is 6.03 Å². The lowest BCUT2D eigenvalue weighted by atomic mass is 10.1. The normalized spacial score (nSPS) is 15.7. The summed E-state index contributed by atoms with van der Waals surface area (Å²) in [5.41, 5.74) is 3.65. The van der Waals surface area contributed by atoms with Crippen LogP contribution in [0.5, 0.6) is 0 Å². The molecule has 0 bridgehead atoms. The molecule has 0 spiro atoms. The molecular formula is C15H22N2O. The summed E-state index contributed by atoms with van der Waals surface area (Å²) < 4.78 is 0. The second-order valence-electron chi connectivity index (χ2n) is 5.24. The zero-order valence-electron chi connectivity index (χ0n) is 11.3. The third kappa shape index (κ3) is 3.49. The Morgan fingerprint density at radius 2 is 2.00 bits per heavy atom. The lowest BCUT2D eigenvalue weighted by molar-refractivity contribution is 0.236. The fraction of sp³-hybridized carbons (Fsp3) is 0.533. The van der Waals surface area contributed by atoms with Crippen molar-refractivity contribution in [2.45, 2.75) is 52.1 Å². The largest absolute Gasteiger partial charge is 0.335 e. The van der Waals surface area contributed by atoms with Crippen LogP contribution in [-0.4, -0.2) is 12.1 Å². The zero-order valence-corrected chi connectivity index (χ0v) is 11.3. The van der Waals surface area contributed by atoms with Crippen molar-refractivity contribution in [3.63, 3.8) is 0 Å². The van der Waals surface area contributed by atoms with Crippen LogP contribution in [0.3, 0.4) is 0 Å². The lowest BCUT2D eigenvalue weighted by Crippen LogP contribution is -2.40. The standard InChI is InChI=1S/C15H22N2O/c1-11-7-8-12(2)13(9-11)10-16-15(18)17-14-5-3-4-6-14/h7-9,14H,3-6,10H2,1-2H3,(H2,16,17,18). The molecule has 1 aliphatic carbocycles. The van der Waals surface area contributed by atoms with Gasteiger partial charge >= 0.3 is 6.03 Å². The van der Waals surface area contributed by atoms with Crippen LogP contribution in [0.15, 0.2) is 18.2 Å². The molecule has 1 aromatic rings. The predicted molar refractivity (Wildman–Crippen MR) is 73.5 cm³/mol. The minimum absolute atomic E-state index is 0.0391. The smallest absolute Gasteiger partial charge is 0.315 e. The first-order valence-electron chi connectivity index (χ1n) is 6.75. The highest BCUT2D eigenvalue weighted by molar-refractivity contribution is 5.74. The number of hydrogen-bond donors (Lipinski definition) is 2. The molecule has 0 aliphatic heterocycles. The van der Waals surface area contributed by atoms with Crippen LogP contribution in [-0.2, 0) is 6.54 Å². The van der Waals surface area contributed by atoms with E-state index in [4.69, 9.17) is 0 Å². The van der Waals surface area contributed by atoms with Gasteiger partial charge in [-0.05, 0) is 37.8 Å². The predicted octanol–water partition coefficient (Wildman–Crippen LogP) is 3.05. The summed E-state index contributed by atoms with van der Waals surface area (Å²) in [5, 5.41) is 5.98. The van der Waals surface area contributed by atoms with E-state index in [1.807, 2.05) is 0 Å². The van der Waals surface area contributed by atoms with Crippen LogP contribution < -0.4 is 10.6 Å². The van der Waals surface area contributed by atoms with E-state index >= 15 is 0 Å². The van der Waals surface area contributed by atoms with Crippen molar-refractivity contribution in [1.82, 2.24) is 10.6 Å². The van der Waals surface area contributed by atoms with Crippen molar-refractivity contribution in [1.29, 1.82) is 0 Å². The molecule has 1 aromatic carbocycles. The Hall–Kier alpha value is -1.51. The van der Waals surface area contributed by atoms with Gasteiger partial charge in [0, 0.05) is 12.6 Å². The molecule has 98 valence electrons. The van der Waals surface area contributed by atoms with Crippen molar-refractivity contribution < 1.29 is 4.79 Å². The highest BCUT2D eigenvalue weighted by Gasteiger charge is 2.16. The first kappa shape index (κ1) is 12.9. The van der Waals surface area contributed by atoms with Gasteiger partial charge in [-0.2, -0.15) is 0 Å². The fourth-order valence-corrected chi connectivity index (χ4v) is 2.47. The Labute approximate surface area is 109 Å². The highest BCUT2D eigenvalue weighted by Crippen LogP contribution is 2.17. The number of carbonyl (C=O) groups is 1. The van der Waals surface area contributed by atoms with Crippen molar-refractivity contribution >= 4 is 6.03 Å². The Kier molecular flexibility index (Phi) is 4.24. The molecule has 1 fully saturated rings. The Balaban J connectivity index is 1.83. The Morgan fingerprint density at radius 3 is 2.72 bits per heavy atom. The number of aryl methyl sites for hydroxylation is 2. The van der Waals surface area contributed by atoms with Gasteiger partial charge in [0.25, 0.3) is 0 Å². The number of amides is 2. The summed E-state index contributed by atoms with van der Waals surface area (Å²) in [5.74, 6) is 0. The molecule has 3 heteroatoms. The topological polar surface area (TPSA) is 41.1 Å². The van der Waals surface area contributed by atoms with E-state index < -0.39 is 0 Å². The van der Waals surface area contributed by atoms with E-state index in [0.717, 1.165) is 12.8 Å². The molecule has 1 saturated carbocycles. The van der Waals surface area contributed by atoms with E-state index in [0.29, 0.717) is 12.6 Å². The maximum atomic E-state index is 11.7. The summed E-state index contributed by atoms with van der Waals surface area (Å²) >= 11 is 0. The van der Waals surface area contributed by atoms with E-state index in [1.165, 1.54) is 29.5 Å². The summed E-state index contributed by atoms with van der Waals surface area (Å²) in [4.78, 5) is 11.7.